The van der Waals surface area contributed by atoms with Crippen LogP contribution in [0.2, 0.25) is 0 Å². The van der Waals surface area contributed by atoms with Gasteiger partial charge in [0.2, 0.25) is 0 Å². The molecule has 0 radical (unpaired) electrons. The van der Waals surface area contributed by atoms with Gasteiger partial charge in [-0.15, -0.1) is 15.3 Å². The number of para-hydroxylation sites is 2. The molecule has 0 aliphatic rings. The third-order valence-corrected chi connectivity index (χ3v) is 4.66. The SMILES string of the molecule is c1ccc(-n2cc(-c3nnc4c5ccccc5n5cncc5n34)nn2)cc1. The molecule has 0 fully saturated rings. The number of imidazole rings is 1. The second-order valence-corrected chi connectivity index (χ2v) is 6.21. The van der Waals surface area contributed by atoms with E-state index in [0.29, 0.717) is 11.5 Å². The van der Waals surface area contributed by atoms with Crippen LogP contribution in [-0.2, 0) is 0 Å². The van der Waals surface area contributed by atoms with Gasteiger partial charge >= 0.3 is 0 Å². The van der Waals surface area contributed by atoms with Crippen molar-refractivity contribution in [2.24, 2.45) is 0 Å². The molecule has 0 saturated carbocycles. The summed E-state index contributed by atoms with van der Waals surface area (Å²) in [5.41, 5.74) is 4.25. The van der Waals surface area contributed by atoms with E-state index < -0.39 is 0 Å². The number of benzene rings is 2. The first-order valence-electron chi connectivity index (χ1n) is 8.46. The highest BCUT2D eigenvalue weighted by Gasteiger charge is 2.18. The predicted molar refractivity (Wildman–Crippen MR) is 99.6 cm³/mol. The van der Waals surface area contributed by atoms with Gasteiger partial charge in [0.25, 0.3) is 0 Å². The highest BCUT2D eigenvalue weighted by molar-refractivity contribution is 5.94. The smallest absolute Gasteiger partial charge is 0.192 e. The Morgan fingerprint density at radius 1 is 0.815 bits per heavy atom. The molecule has 6 rings (SSSR count). The molecule has 4 aromatic heterocycles. The van der Waals surface area contributed by atoms with Gasteiger partial charge in [-0.1, -0.05) is 35.5 Å². The zero-order valence-electron chi connectivity index (χ0n) is 14.0. The van der Waals surface area contributed by atoms with Crippen LogP contribution in [0.3, 0.4) is 0 Å². The molecule has 0 amide bonds. The quantitative estimate of drug-likeness (QED) is 0.479. The van der Waals surface area contributed by atoms with E-state index in [9.17, 15) is 0 Å². The number of rotatable bonds is 2. The highest BCUT2D eigenvalue weighted by Crippen LogP contribution is 2.26. The molecule has 0 unspecified atom stereocenters. The lowest BCUT2D eigenvalue weighted by Gasteiger charge is -2.06. The molecule has 0 bridgehead atoms. The topological polar surface area (TPSA) is 78.2 Å². The van der Waals surface area contributed by atoms with Gasteiger partial charge in [-0.05, 0) is 24.3 Å². The predicted octanol–water partition coefficient (Wildman–Crippen LogP) is 2.78. The third kappa shape index (κ3) is 1.94. The van der Waals surface area contributed by atoms with Crippen molar-refractivity contribution in [1.29, 1.82) is 0 Å². The van der Waals surface area contributed by atoms with Gasteiger partial charge in [-0.3, -0.25) is 8.80 Å². The van der Waals surface area contributed by atoms with Crippen molar-refractivity contribution in [1.82, 2.24) is 39.0 Å². The third-order valence-electron chi connectivity index (χ3n) is 4.66. The highest BCUT2D eigenvalue weighted by atomic mass is 15.4. The number of hydrogen-bond donors (Lipinski definition) is 0. The van der Waals surface area contributed by atoms with Crippen molar-refractivity contribution in [3.8, 4) is 17.2 Å². The van der Waals surface area contributed by atoms with Gasteiger partial charge in [0.15, 0.2) is 17.2 Å². The zero-order chi connectivity index (χ0) is 17.8. The fourth-order valence-corrected chi connectivity index (χ4v) is 3.43. The molecule has 0 aliphatic carbocycles. The Morgan fingerprint density at radius 3 is 2.59 bits per heavy atom. The fourth-order valence-electron chi connectivity index (χ4n) is 3.43. The van der Waals surface area contributed by atoms with E-state index in [-0.39, 0.29) is 0 Å². The van der Waals surface area contributed by atoms with Crippen LogP contribution in [0.25, 0.3) is 39.4 Å². The normalized spacial score (nSPS) is 11.7. The number of fused-ring (bicyclic) bond motifs is 6. The first kappa shape index (κ1) is 14.1. The lowest BCUT2D eigenvalue weighted by molar-refractivity contribution is 0.803. The molecule has 0 aliphatic heterocycles. The van der Waals surface area contributed by atoms with Crippen molar-refractivity contribution in [3.63, 3.8) is 0 Å². The van der Waals surface area contributed by atoms with E-state index >= 15 is 0 Å². The maximum atomic E-state index is 4.43. The summed E-state index contributed by atoms with van der Waals surface area (Å²) in [6, 6.07) is 17.9. The van der Waals surface area contributed by atoms with Crippen LogP contribution in [-0.4, -0.2) is 39.0 Å². The summed E-state index contributed by atoms with van der Waals surface area (Å²) in [7, 11) is 0. The summed E-state index contributed by atoms with van der Waals surface area (Å²) in [4.78, 5) is 4.31. The maximum Gasteiger partial charge on any atom is 0.192 e. The molecule has 128 valence electrons. The Kier molecular flexibility index (Phi) is 2.73. The molecule has 6 aromatic rings. The van der Waals surface area contributed by atoms with Crippen LogP contribution in [0, 0.1) is 0 Å². The Balaban J connectivity index is 1.65. The van der Waals surface area contributed by atoms with E-state index in [1.165, 1.54) is 0 Å². The standard InChI is InChI=1S/C19H12N8/c1-2-6-13(7-3-1)26-11-15(21-24-26)19-23-22-18-14-8-4-5-9-16(14)25-12-20-10-17(25)27(18)19/h1-12H. The number of nitrogens with zero attached hydrogens (tertiary/aromatic N) is 8. The molecule has 0 N–H and O–H groups in total. The van der Waals surface area contributed by atoms with Gasteiger partial charge in [-0.25, -0.2) is 9.67 Å². The van der Waals surface area contributed by atoms with Gasteiger partial charge in [0.1, 0.15) is 12.0 Å². The van der Waals surface area contributed by atoms with Crippen molar-refractivity contribution in [2.45, 2.75) is 0 Å². The molecule has 2 aromatic carbocycles. The lowest BCUT2D eigenvalue weighted by atomic mass is 10.2. The minimum atomic E-state index is 0.628. The fraction of sp³-hybridized carbons (Fsp3) is 0. The lowest BCUT2D eigenvalue weighted by Crippen LogP contribution is -1.98. The zero-order valence-corrected chi connectivity index (χ0v) is 14.0. The van der Waals surface area contributed by atoms with Gasteiger partial charge < -0.3 is 0 Å². The van der Waals surface area contributed by atoms with Crippen LogP contribution in [0.1, 0.15) is 0 Å². The summed E-state index contributed by atoms with van der Waals surface area (Å²) in [6.07, 6.45) is 5.45. The van der Waals surface area contributed by atoms with Crippen LogP contribution in [0.15, 0.2) is 73.3 Å². The van der Waals surface area contributed by atoms with Crippen molar-refractivity contribution in [3.05, 3.63) is 73.3 Å². The van der Waals surface area contributed by atoms with Crippen LogP contribution in [0.4, 0.5) is 0 Å². The van der Waals surface area contributed by atoms with Gasteiger partial charge in [0, 0.05) is 5.39 Å². The van der Waals surface area contributed by atoms with Crippen molar-refractivity contribution < 1.29 is 0 Å². The molecular weight excluding hydrogens is 340 g/mol. The maximum absolute atomic E-state index is 4.43. The van der Waals surface area contributed by atoms with Crippen LogP contribution in [0.5, 0.6) is 0 Å². The van der Waals surface area contributed by atoms with Crippen LogP contribution < -0.4 is 0 Å². The molecule has 0 atom stereocenters. The molecule has 8 nitrogen and oxygen atoms in total. The summed E-state index contributed by atoms with van der Waals surface area (Å²) < 4.78 is 5.72. The van der Waals surface area contributed by atoms with Gasteiger partial charge in [0.05, 0.1) is 23.6 Å². The summed E-state index contributed by atoms with van der Waals surface area (Å²) in [6.45, 7) is 0. The van der Waals surface area contributed by atoms with Gasteiger partial charge in [-0.2, -0.15) is 0 Å². The molecule has 27 heavy (non-hydrogen) atoms. The number of hydrogen-bond acceptors (Lipinski definition) is 5. The van der Waals surface area contributed by atoms with Crippen molar-refractivity contribution >= 4 is 22.2 Å². The number of aromatic nitrogens is 8. The summed E-state index contributed by atoms with van der Waals surface area (Å²) in [5, 5.41) is 18.4. The Hall–Kier alpha value is -4.07. The minimum Gasteiger partial charge on any atom is -0.284 e. The molecular formula is C19H12N8. The Morgan fingerprint density at radius 2 is 1.67 bits per heavy atom. The summed E-state index contributed by atoms with van der Waals surface area (Å²) >= 11 is 0. The van der Waals surface area contributed by atoms with Crippen LogP contribution >= 0.6 is 0 Å². The largest absolute Gasteiger partial charge is 0.284 e. The van der Waals surface area contributed by atoms with Crippen molar-refractivity contribution in [2.75, 3.05) is 0 Å². The average molecular weight is 352 g/mol. The van der Waals surface area contributed by atoms with E-state index in [2.05, 4.69) is 25.5 Å². The second-order valence-electron chi connectivity index (χ2n) is 6.21. The van der Waals surface area contributed by atoms with E-state index in [0.717, 1.165) is 27.9 Å². The van der Waals surface area contributed by atoms with E-state index in [4.69, 9.17) is 0 Å². The molecule has 4 heterocycles. The molecule has 0 spiro atoms. The second kappa shape index (κ2) is 5.21. The molecule has 8 heteroatoms. The average Bonchev–Trinajstić information content (AvgIpc) is 3.46. The van der Waals surface area contributed by atoms with E-state index in [1.54, 1.807) is 17.2 Å². The Bertz CT molecular complexity index is 1420. The summed E-state index contributed by atoms with van der Waals surface area (Å²) in [5.74, 6) is 0.628. The Labute approximate surface area is 152 Å². The first-order chi connectivity index (χ1) is 13.4. The minimum absolute atomic E-state index is 0.628. The molecule has 0 saturated heterocycles. The first-order valence-corrected chi connectivity index (χ1v) is 8.46. The van der Waals surface area contributed by atoms with E-state index in [1.807, 2.05) is 69.6 Å². The monoisotopic (exact) mass is 352 g/mol.